The Morgan fingerprint density at radius 3 is 2.54 bits per heavy atom. The van der Waals surface area contributed by atoms with E-state index in [2.05, 4.69) is 11.9 Å². The monoisotopic (exact) mass is 572 g/mol. The second-order valence-electron chi connectivity index (χ2n) is 9.97. The van der Waals surface area contributed by atoms with Gasteiger partial charge in [-0.2, -0.15) is 0 Å². The number of halogens is 1. The number of aryl methyl sites for hydroxylation is 1. The summed E-state index contributed by atoms with van der Waals surface area (Å²) in [5.74, 6) is 0. The number of benzene rings is 3. The lowest BCUT2D eigenvalue weighted by Crippen LogP contribution is -2.37. The predicted octanol–water partition coefficient (Wildman–Crippen LogP) is 5.10. The molecule has 0 saturated carbocycles. The van der Waals surface area contributed by atoms with Gasteiger partial charge in [0.25, 0.3) is 5.56 Å². The van der Waals surface area contributed by atoms with Gasteiger partial charge in [-0.05, 0) is 71.2 Å². The highest BCUT2D eigenvalue weighted by Gasteiger charge is 2.38. The maximum atomic E-state index is 12.9. The summed E-state index contributed by atoms with van der Waals surface area (Å²) in [6, 6.07) is 22.4. The van der Waals surface area contributed by atoms with Gasteiger partial charge in [-0.1, -0.05) is 60.6 Å². The number of nitrogens with zero attached hydrogens (tertiary/aromatic N) is 2. The van der Waals surface area contributed by atoms with Crippen LogP contribution >= 0.6 is 11.6 Å². The molecule has 0 aliphatic heterocycles. The highest BCUT2D eigenvalue weighted by molar-refractivity contribution is 6.30. The molecular weight excluding hydrogens is 536 g/mol. The Morgan fingerprint density at radius 1 is 1.15 bits per heavy atom. The number of likely N-dealkylation sites (N-methyl/N-ethyl adjacent to an activating group) is 1. The first-order valence-electron chi connectivity index (χ1n) is 13.4. The van der Waals surface area contributed by atoms with E-state index < -0.39 is 5.60 Å². The Labute approximate surface area is 246 Å². The summed E-state index contributed by atoms with van der Waals surface area (Å²) >= 11 is 6.31. The van der Waals surface area contributed by atoms with Crippen LogP contribution in [0.15, 0.2) is 102 Å². The van der Waals surface area contributed by atoms with Crippen molar-refractivity contribution in [3.05, 3.63) is 130 Å². The predicted molar refractivity (Wildman–Crippen MR) is 168 cm³/mol. The number of hydrogen-bond acceptors (Lipinski definition) is 6. The fraction of sp³-hybridized carbons (Fsp3) is 0.242. The number of fused-ring (bicyclic) bond motifs is 1. The summed E-state index contributed by atoms with van der Waals surface area (Å²) in [5.41, 5.74) is 9.38. The molecule has 0 spiro atoms. The average molecular weight is 573 g/mol. The van der Waals surface area contributed by atoms with E-state index in [1.807, 2.05) is 60.7 Å². The molecule has 0 aliphatic rings. The van der Waals surface area contributed by atoms with Crippen LogP contribution in [0.5, 0.6) is 0 Å². The summed E-state index contributed by atoms with van der Waals surface area (Å²) in [5, 5.41) is 17.4. The van der Waals surface area contributed by atoms with Crippen molar-refractivity contribution in [3.63, 3.8) is 0 Å². The number of aliphatic hydroxyl groups is 1. The van der Waals surface area contributed by atoms with E-state index in [9.17, 15) is 9.90 Å². The second kappa shape index (κ2) is 13.2. The summed E-state index contributed by atoms with van der Waals surface area (Å²) < 4.78 is 6.70. The van der Waals surface area contributed by atoms with Crippen LogP contribution in [0.25, 0.3) is 22.0 Å². The van der Waals surface area contributed by atoms with Gasteiger partial charge >= 0.3 is 0 Å². The molecule has 1 unspecified atom stereocenters. The molecule has 4 rings (SSSR count). The van der Waals surface area contributed by atoms with Gasteiger partial charge in [-0.3, -0.25) is 4.79 Å². The molecule has 1 heterocycles. The summed E-state index contributed by atoms with van der Waals surface area (Å²) in [4.78, 5) is 14.6. The zero-order valence-electron chi connectivity index (χ0n) is 23.7. The standard InChI is InChI=1S/C33H37ClN4O3/c1-5-37(2)31(21-35)33(40,25-12-10-23(11-13-25)22-36-16-7-17-41-4)26-14-15-30-29(19-26)28(20-32(39)38(30)3)24-8-6-9-27(34)18-24/h5-6,8-15,18-21,36,40H,1,7,16-17,22,35H2,2-4H3/b31-21-. The van der Waals surface area contributed by atoms with E-state index in [0.717, 1.165) is 40.6 Å². The molecule has 41 heavy (non-hydrogen) atoms. The molecule has 4 aromatic rings. The first kappa shape index (κ1) is 30.1. The van der Waals surface area contributed by atoms with Gasteiger partial charge in [0.2, 0.25) is 0 Å². The summed E-state index contributed by atoms with van der Waals surface area (Å²) in [6.45, 7) is 6.14. The van der Waals surface area contributed by atoms with Crippen molar-refractivity contribution in [2.75, 3.05) is 27.3 Å². The number of nitrogens with one attached hydrogen (secondary N) is 1. The minimum absolute atomic E-state index is 0.143. The molecule has 1 aromatic heterocycles. The average Bonchev–Trinajstić information content (AvgIpc) is 2.99. The lowest BCUT2D eigenvalue weighted by molar-refractivity contribution is 0.0968. The number of nitrogens with two attached hydrogens (primary N) is 1. The van der Waals surface area contributed by atoms with E-state index in [4.69, 9.17) is 22.1 Å². The quantitative estimate of drug-likeness (QED) is 0.205. The van der Waals surface area contributed by atoms with Crippen LogP contribution in [0.4, 0.5) is 0 Å². The molecule has 1 atom stereocenters. The van der Waals surface area contributed by atoms with Crippen LogP contribution in [0, 0.1) is 0 Å². The van der Waals surface area contributed by atoms with E-state index in [-0.39, 0.29) is 5.56 Å². The van der Waals surface area contributed by atoms with Crippen molar-refractivity contribution in [3.8, 4) is 11.1 Å². The third kappa shape index (κ3) is 6.24. The van der Waals surface area contributed by atoms with Crippen LogP contribution < -0.4 is 16.6 Å². The van der Waals surface area contributed by atoms with Crippen LogP contribution in [0.1, 0.15) is 23.1 Å². The van der Waals surface area contributed by atoms with Crippen molar-refractivity contribution in [1.82, 2.24) is 14.8 Å². The lowest BCUT2D eigenvalue weighted by atomic mass is 9.81. The normalized spacial score (nSPS) is 13.2. The Bertz CT molecular complexity index is 1610. The van der Waals surface area contributed by atoms with Crippen LogP contribution in [0.2, 0.25) is 5.02 Å². The largest absolute Gasteiger partial charge is 0.403 e. The summed E-state index contributed by atoms with van der Waals surface area (Å²) in [7, 11) is 5.22. The van der Waals surface area contributed by atoms with Gasteiger partial charge in [-0.15, -0.1) is 0 Å². The number of aromatic nitrogens is 1. The molecule has 0 bridgehead atoms. The van der Waals surface area contributed by atoms with Crippen LogP contribution in [-0.2, 0) is 23.9 Å². The molecule has 3 aromatic carbocycles. The molecule has 0 aliphatic carbocycles. The first-order chi connectivity index (χ1) is 19.7. The SMILES string of the molecule is C=CN(C)/C(=C\N)C(O)(c1ccc(CNCCCOC)cc1)c1ccc2c(c1)c(-c1cccc(Cl)c1)cc(=O)n2C. The number of pyridine rings is 1. The number of rotatable bonds is 12. The Kier molecular flexibility index (Phi) is 9.68. The lowest BCUT2D eigenvalue weighted by Gasteiger charge is -2.36. The Hall–Kier alpha value is -3.88. The number of ether oxygens (including phenoxy) is 1. The minimum atomic E-state index is -1.63. The zero-order valence-corrected chi connectivity index (χ0v) is 24.5. The molecule has 214 valence electrons. The topological polar surface area (TPSA) is 92.8 Å². The first-order valence-corrected chi connectivity index (χ1v) is 13.8. The van der Waals surface area contributed by atoms with Gasteiger partial charge in [-0.25, -0.2) is 0 Å². The van der Waals surface area contributed by atoms with Gasteiger partial charge < -0.3 is 30.4 Å². The highest BCUT2D eigenvalue weighted by atomic mass is 35.5. The van der Waals surface area contributed by atoms with Crippen LogP contribution in [-0.4, -0.2) is 41.9 Å². The van der Waals surface area contributed by atoms with Crippen molar-refractivity contribution in [2.45, 2.75) is 18.6 Å². The van der Waals surface area contributed by atoms with Crippen molar-refractivity contribution >= 4 is 22.5 Å². The molecular formula is C33H37ClN4O3. The van der Waals surface area contributed by atoms with Crippen molar-refractivity contribution < 1.29 is 9.84 Å². The fourth-order valence-corrected chi connectivity index (χ4v) is 5.26. The third-order valence-electron chi connectivity index (χ3n) is 7.39. The van der Waals surface area contributed by atoms with E-state index in [1.54, 1.807) is 49.0 Å². The fourth-order valence-electron chi connectivity index (χ4n) is 5.07. The van der Waals surface area contributed by atoms with E-state index >= 15 is 0 Å². The Balaban J connectivity index is 1.87. The maximum absolute atomic E-state index is 12.9. The highest BCUT2D eigenvalue weighted by Crippen LogP contribution is 2.40. The summed E-state index contributed by atoms with van der Waals surface area (Å²) in [6.07, 6.45) is 3.93. The minimum Gasteiger partial charge on any atom is -0.403 e. The van der Waals surface area contributed by atoms with Crippen molar-refractivity contribution in [1.29, 1.82) is 0 Å². The van der Waals surface area contributed by atoms with Gasteiger partial charge in [0, 0.05) is 57.0 Å². The third-order valence-corrected chi connectivity index (χ3v) is 7.62. The van der Waals surface area contributed by atoms with Gasteiger partial charge in [0.15, 0.2) is 5.60 Å². The maximum Gasteiger partial charge on any atom is 0.251 e. The molecule has 8 heteroatoms. The number of hydrogen-bond donors (Lipinski definition) is 3. The molecule has 0 fully saturated rings. The zero-order chi connectivity index (χ0) is 29.6. The van der Waals surface area contributed by atoms with Gasteiger partial charge in [0.05, 0.1) is 11.2 Å². The number of methoxy groups -OCH3 is 1. The van der Waals surface area contributed by atoms with E-state index in [0.29, 0.717) is 35.0 Å². The Morgan fingerprint density at radius 2 is 1.88 bits per heavy atom. The molecule has 0 radical (unpaired) electrons. The molecule has 7 nitrogen and oxygen atoms in total. The van der Waals surface area contributed by atoms with E-state index in [1.165, 1.54) is 6.20 Å². The van der Waals surface area contributed by atoms with Crippen LogP contribution in [0.3, 0.4) is 0 Å². The molecule has 0 amide bonds. The van der Waals surface area contributed by atoms with Gasteiger partial charge in [0.1, 0.15) is 0 Å². The second-order valence-corrected chi connectivity index (χ2v) is 10.4. The molecule has 0 saturated heterocycles. The van der Waals surface area contributed by atoms with Crippen molar-refractivity contribution in [2.24, 2.45) is 12.8 Å². The molecule has 4 N–H and O–H groups in total. The smallest absolute Gasteiger partial charge is 0.251 e.